The van der Waals surface area contributed by atoms with Crippen molar-refractivity contribution < 1.29 is 4.79 Å². The van der Waals surface area contributed by atoms with E-state index in [-0.39, 0.29) is 32.8 Å². The van der Waals surface area contributed by atoms with Gasteiger partial charge in [-0.05, 0) is 0 Å². The molecule has 2 aromatic carbocycles. The van der Waals surface area contributed by atoms with Gasteiger partial charge < -0.3 is 0 Å². The van der Waals surface area contributed by atoms with E-state index in [0.29, 0.717) is 11.4 Å². The monoisotopic (exact) mass is 453 g/mol. The molecule has 0 spiro atoms. The van der Waals surface area contributed by atoms with Crippen LogP contribution in [-0.2, 0) is 11.3 Å². The molecule has 3 atom stereocenters. The third-order valence-electron chi connectivity index (χ3n) is 5.39. The molecule has 136 valence electrons. The van der Waals surface area contributed by atoms with Gasteiger partial charge in [-0.15, -0.1) is 0 Å². The van der Waals surface area contributed by atoms with Crippen LogP contribution in [0, 0.1) is 5.92 Å². The van der Waals surface area contributed by atoms with Gasteiger partial charge in [0.05, 0.1) is 0 Å². The molecule has 5 heteroatoms. The molecule has 2 nitrogen and oxygen atoms in total. The van der Waals surface area contributed by atoms with Crippen molar-refractivity contribution in [3.05, 3.63) is 66.2 Å². The minimum absolute atomic E-state index is 0.0102. The van der Waals surface area contributed by atoms with E-state index in [9.17, 15) is 4.79 Å². The Kier molecular flexibility index (Phi) is 5.34. The maximum absolute atomic E-state index is 13.1. The molecule has 2 aliphatic rings. The predicted octanol–water partition coefficient (Wildman–Crippen LogP) is 4.19. The Balaban J connectivity index is 1.60. The van der Waals surface area contributed by atoms with E-state index in [4.69, 9.17) is 23.2 Å². The van der Waals surface area contributed by atoms with Gasteiger partial charge in [0.1, 0.15) is 0 Å². The van der Waals surface area contributed by atoms with Crippen molar-refractivity contribution in [2.45, 2.75) is 41.0 Å². The predicted molar refractivity (Wildman–Crippen MR) is 108 cm³/mol. The molecule has 1 heterocycles. The van der Waals surface area contributed by atoms with Crippen molar-refractivity contribution in [3.63, 3.8) is 0 Å². The summed E-state index contributed by atoms with van der Waals surface area (Å²) in [5.74, 6) is -0.105. The summed E-state index contributed by atoms with van der Waals surface area (Å²) in [5, 5.41) is 0. The summed E-state index contributed by atoms with van der Waals surface area (Å²) in [7, 11) is 0. The zero-order chi connectivity index (χ0) is 18.1. The fourth-order valence-electron chi connectivity index (χ4n) is 4.22. The second kappa shape index (κ2) is 7.56. The van der Waals surface area contributed by atoms with Crippen LogP contribution in [0.5, 0.6) is 0 Å². The summed E-state index contributed by atoms with van der Waals surface area (Å²) in [5.41, 5.74) is 1.13. The molecule has 26 heavy (non-hydrogen) atoms. The van der Waals surface area contributed by atoms with Crippen LogP contribution in [0.4, 0.5) is 0 Å². The normalized spacial score (nSPS) is 27.4. The van der Waals surface area contributed by atoms with E-state index in [1.165, 1.54) is 4.46 Å². The van der Waals surface area contributed by atoms with Crippen molar-refractivity contribution in [2.75, 3.05) is 0 Å². The summed E-state index contributed by atoms with van der Waals surface area (Å²) >= 11 is 13.7. The quantitative estimate of drug-likeness (QED) is 0.503. The summed E-state index contributed by atoms with van der Waals surface area (Å²) < 4.78 is 0.0462. The van der Waals surface area contributed by atoms with Crippen molar-refractivity contribution >= 4 is 48.5 Å². The Bertz CT molecular complexity index is 768. The number of carbonyl (C=O) groups excluding carboxylic acids is 1. The molecule has 1 amide bonds. The van der Waals surface area contributed by atoms with Crippen LogP contribution in [0.3, 0.4) is 0 Å². The minimum atomic E-state index is -1.30. The zero-order valence-electron chi connectivity index (χ0n) is 14.4. The van der Waals surface area contributed by atoms with Crippen LogP contribution < -0.4 is 4.46 Å². The molecule has 0 radical (unpaired) electrons. The number of rotatable bonds is 4. The Morgan fingerprint density at radius 2 is 1.65 bits per heavy atom. The maximum atomic E-state index is 13.1. The first-order valence-electron chi connectivity index (χ1n) is 9.02. The number of amides is 1. The van der Waals surface area contributed by atoms with Gasteiger partial charge in [0.25, 0.3) is 0 Å². The number of hydrogen-bond donors (Lipinski definition) is 0. The second-order valence-electron chi connectivity index (χ2n) is 7.04. The van der Waals surface area contributed by atoms with E-state index < -0.39 is 4.33 Å². The van der Waals surface area contributed by atoms with E-state index in [1.54, 1.807) is 0 Å². The fraction of sp³-hybridized carbons (Fsp3) is 0.381. The van der Waals surface area contributed by atoms with Crippen molar-refractivity contribution in [1.29, 1.82) is 0 Å². The van der Waals surface area contributed by atoms with Gasteiger partial charge in [-0.25, -0.2) is 0 Å². The molecular formula is C21H21Cl2NOSe. The fourth-order valence-corrected chi connectivity index (χ4v) is 8.48. The molecule has 1 saturated heterocycles. The molecule has 0 bridgehead atoms. The average Bonchev–Trinajstić information content (AvgIpc) is 2.85. The number of alkyl halides is 2. The molecule has 0 N–H and O–H groups in total. The van der Waals surface area contributed by atoms with E-state index >= 15 is 0 Å². The van der Waals surface area contributed by atoms with Crippen LogP contribution in [0.1, 0.15) is 24.8 Å². The summed E-state index contributed by atoms with van der Waals surface area (Å²) in [4.78, 5) is 15.4. The SMILES string of the molecule is O=C1N(Cc2ccccc2)[C@@H]2CCC[C@@H]([Se]c3ccccc3)[C@@H]2C1(Cl)Cl. The number of fused-ring (bicyclic) bond motifs is 1. The van der Waals surface area contributed by atoms with E-state index in [0.717, 1.165) is 24.8 Å². The van der Waals surface area contributed by atoms with Crippen molar-refractivity contribution in [2.24, 2.45) is 5.92 Å². The van der Waals surface area contributed by atoms with Crippen LogP contribution in [0.15, 0.2) is 60.7 Å². The average molecular weight is 453 g/mol. The zero-order valence-corrected chi connectivity index (χ0v) is 17.6. The molecule has 1 aliphatic heterocycles. The van der Waals surface area contributed by atoms with Gasteiger partial charge in [-0.1, -0.05) is 0 Å². The molecular weight excluding hydrogens is 432 g/mol. The Hall–Kier alpha value is -0.991. The topological polar surface area (TPSA) is 20.3 Å². The molecule has 2 aromatic rings. The summed E-state index contributed by atoms with van der Waals surface area (Å²) in [6, 6.07) is 20.8. The number of hydrogen-bond acceptors (Lipinski definition) is 1. The second-order valence-corrected chi connectivity index (χ2v) is 11.2. The van der Waals surface area contributed by atoms with Crippen LogP contribution in [0.2, 0.25) is 4.82 Å². The summed E-state index contributed by atoms with van der Waals surface area (Å²) in [6.07, 6.45) is 3.22. The van der Waals surface area contributed by atoms with Gasteiger partial charge in [0.2, 0.25) is 0 Å². The van der Waals surface area contributed by atoms with Gasteiger partial charge in [0.15, 0.2) is 0 Å². The van der Waals surface area contributed by atoms with Gasteiger partial charge in [0, 0.05) is 0 Å². The Morgan fingerprint density at radius 3 is 2.35 bits per heavy atom. The molecule has 1 saturated carbocycles. The van der Waals surface area contributed by atoms with Gasteiger partial charge >= 0.3 is 171 Å². The number of halogens is 2. The Labute approximate surface area is 171 Å². The third kappa shape index (κ3) is 3.43. The number of benzene rings is 2. The van der Waals surface area contributed by atoms with E-state index in [2.05, 4.69) is 36.4 Å². The summed E-state index contributed by atoms with van der Waals surface area (Å²) in [6.45, 7) is 0.590. The number of carbonyl (C=O) groups is 1. The van der Waals surface area contributed by atoms with Crippen LogP contribution in [0.25, 0.3) is 0 Å². The molecule has 2 fully saturated rings. The third-order valence-corrected chi connectivity index (χ3v) is 9.11. The first kappa shape index (κ1) is 18.4. The van der Waals surface area contributed by atoms with E-state index in [1.807, 2.05) is 29.2 Å². The molecule has 4 rings (SSSR count). The number of likely N-dealkylation sites (tertiary alicyclic amines) is 1. The molecule has 0 unspecified atom stereocenters. The molecule has 0 aromatic heterocycles. The first-order valence-corrected chi connectivity index (χ1v) is 11.6. The standard InChI is InChI=1S/C21H21Cl2NOSe/c22-21(23)19-17(24(20(21)25)14-15-8-3-1-4-9-15)12-7-13-18(19)26-16-10-5-2-6-11-16/h1-6,8-11,17-19H,7,12-14H2/t17-,18-,19-/m1/s1. The number of nitrogens with zero attached hydrogens (tertiary/aromatic N) is 1. The first-order chi connectivity index (χ1) is 12.6. The van der Waals surface area contributed by atoms with Crippen molar-refractivity contribution in [3.8, 4) is 0 Å². The molecule has 1 aliphatic carbocycles. The van der Waals surface area contributed by atoms with Crippen LogP contribution in [-0.4, -0.2) is 36.1 Å². The van der Waals surface area contributed by atoms with Crippen LogP contribution >= 0.6 is 23.2 Å². The Morgan fingerprint density at radius 1 is 1.00 bits per heavy atom. The van der Waals surface area contributed by atoms with Gasteiger partial charge in [-0.2, -0.15) is 0 Å². The van der Waals surface area contributed by atoms with Crippen molar-refractivity contribution in [1.82, 2.24) is 4.90 Å². The van der Waals surface area contributed by atoms with Gasteiger partial charge in [-0.3, -0.25) is 0 Å².